The molecular formula is C12H17N3. The molecule has 3 heteroatoms. The third-order valence-corrected chi connectivity index (χ3v) is 3.26. The molecule has 2 aromatic rings. The molecule has 0 aliphatic rings. The molecule has 2 heterocycles. The summed E-state index contributed by atoms with van der Waals surface area (Å²) in [6.45, 7) is 6.69. The summed E-state index contributed by atoms with van der Waals surface area (Å²) in [5.74, 6) is 0. The lowest BCUT2D eigenvalue weighted by atomic mass is 9.83. The highest BCUT2D eigenvalue weighted by atomic mass is 15.3. The maximum atomic E-state index is 4.43. The summed E-state index contributed by atoms with van der Waals surface area (Å²) in [6, 6.07) is 2.19. The average Bonchev–Trinajstić information content (AvgIpc) is 2.60. The van der Waals surface area contributed by atoms with Gasteiger partial charge >= 0.3 is 0 Å². The number of rotatable bonds is 2. The molecule has 0 aromatic carbocycles. The fraction of sp³-hybridized carbons (Fsp3) is 0.500. The fourth-order valence-corrected chi connectivity index (χ4v) is 1.60. The van der Waals surface area contributed by atoms with E-state index in [2.05, 4.69) is 36.9 Å². The monoisotopic (exact) mass is 203 g/mol. The van der Waals surface area contributed by atoms with Gasteiger partial charge in [-0.1, -0.05) is 20.8 Å². The smallest absolute Gasteiger partial charge is 0.108 e. The summed E-state index contributed by atoms with van der Waals surface area (Å²) in [5.41, 5.74) is 3.54. The standard InChI is InChI=1S/C12H17N3/c1-5-12(2,3)9-6-11-10(13-7-9)8-14-15(11)4/h6-8H,5H2,1-4H3. The normalized spacial score (nSPS) is 12.3. The maximum absolute atomic E-state index is 4.43. The lowest BCUT2D eigenvalue weighted by Crippen LogP contribution is -2.15. The molecule has 0 aliphatic carbocycles. The predicted molar refractivity (Wildman–Crippen MR) is 61.8 cm³/mol. The van der Waals surface area contributed by atoms with Gasteiger partial charge in [-0.25, -0.2) is 0 Å². The molecule has 0 bridgehead atoms. The van der Waals surface area contributed by atoms with Crippen molar-refractivity contribution in [3.8, 4) is 0 Å². The Kier molecular flexibility index (Phi) is 2.25. The van der Waals surface area contributed by atoms with Gasteiger partial charge in [0.1, 0.15) is 5.52 Å². The number of aryl methyl sites for hydroxylation is 1. The average molecular weight is 203 g/mol. The second-order valence-electron chi connectivity index (χ2n) is 4.63. The first-order valence-corrected chi connectivity index (χ1v) is 5.33. The van der Waals surface area contributed by atoms with Crippen LogP contribution in [0.3, 0.4) is 0 Å². The third-order valence-electron chi connectivity index (χ3n) is 3.26. The zero-order valence-electron chi connectivity index (χ0n) is 9.78. The van der Waals surface area contributed by atoms with Crippen molar-refractivity contribution in [2.24, 2.45) is 7.05 Å². The SMILES string of the molecule is CCC(C)(C)c1cnc2cnn(C)c2c1. The molecule has 2 aromatic heterocycles. The molecule has 0 aliphatic heterocycles. The van der Waals surface area contributed by atoms with E-state index in [1.165, 1.54) is 5.56 Å². The topological polar surface area (TPSA) is 30.7 Å². The molecule has 0 unspecified atom stereocenters. The molecule has 80 valence electrons. The van der Waals surface area contributed by atoms with E-state index in [-0.39, 0.29) is 5.41 Å². The molecule has 3 nitrogen and oxygen atoms in total. The van der Waals surface area contributed by atoms with Gasteiger partial charge in [-0.15, -0.1) is 0 Å². The van der Waals surface area contributed by atoms with Crippen LogP contribution in [0.4, 0.5) is 0 Å². The number of fused-ring (bicyclic) bond motifs is 1. The van der Waals surface area contributed by atoms with E-state index < -0.39 is 0 Å². The Morgan fingerprint density at radius 3 is 2.73 bits per heavy atom. The highest BCUT2D eigenvalue weighted by Gasteiger charge is 2.19. The van der Waals surface area contributed by atoms with E-state index in [0.717, 1.165) is 17.5 Å². The molecule has 2 rings (SSSR count). The zero-order chi connectivity index (χ0) is 11.1. The molecule has 0 atom stereocenters. The van der Waals surface area contributed by atoms with Gasteiger partial charge in [0.15, 0.2) is 0 Å². The maximum Gasteiger partial charge on any atom is 0.108 e. The van der Waals surface area contributed by atoms with Crippen LogP contribution in [0.25, 0.3) is 11.0 Å². The summed E-state index contributed by atoms with van der Waals surface area (Å²) in [5, 5.41) is 4.20. The minimum absolute atomic E-state index is 0.186. The van der Waals surface area contributed by atoms with Crippen LogP contribution in [-0.2, 0) is 12.5 Å². The van der Waals surface area contributed by atoms with Gasteiger partial charge in [0.05, 0.1) is 11.7 Å². The summed E-state index contributed by atoms with van der Waals surface area (Å²) >= 11 is 0. The van der Waals surface area contributed by atoms with E-state index >= 15 is 0 Å². The Balaban J connectivity index is 2.59. The molecule has 0 amide bonds. The van der Waals surface area contributed by atoms with Gasteiger partial charge in [-0.3, -0.25) is 9.67 Å². The lowest BCUT2D eigenvalue weighted by molar-refractivity contribution is 0.505. The summed E-state index contributed by atoms with van der Waals surface area (Å²) < 4.78 is 1.87. The molecule has 0 fully saturated rings. The van der Waals surface area contributed by atoms with Crippen molar-refractivity contribution >= 4 is 11.0 Å². The van der Waals surface area contributed by atoms with Gasteiger partial charge in [0.25, 0.3) is 0 Å². The van der Waals surface area contributed by atoms with E-state index in [1.807, 2.05) is 17.9 Å². The molecule has 0 saturated heterocycles. The molecule has 0 N–H and O–H groups in total. The minimum atomic E-state index is 0.186. The Labute approximate surface area is 90.1 Å². The fourth-order valence-electron chi connectivity index (χ4n) is 1.60. The van der Waals surface area contributed by atoms with Crippen molar-refractivity contribution in [3.63, 3.8) is 0 Å². The quantitative estimate of drug-likeness (QED) is 0.751. The van der Waals surface area contributed by atoms with Crippen LogP contribution >= 0.6 is 0 Å². The van der Waals surface area contributed by atoms with Crippen LogP contribution in [0.15, 0.2) is 18.5 Å². The van der Waals surface area contributed by atoms with Crippen LogP contribution in [-0.4, -0.2) is 14.8 Å². The Bertz CT molecular complexity index is 483. The van der Waals surface area contributed by atoms with Gasteiger partial charge < -0.3 is 0 Å². The number of nitrogens with zero attached hydrogens (tertiary/aromatic N) is 3. The van der Waals surface area contributed by atoms with Crippen molar-refractivity contribution < 1.29 is 0 Å². The highest BCUT2D eigenvalue weighted by Crippen LogP contribution is 2.27. The Morgan fingerprint density at radius 1 is 1.33 bits per heavy atom. The van der Waals surface area contributed by atoms with Crippen molar-refractivity contribution in [3.05, 3.63) is 24.0 Å². The first kappa shape index (κ1) is 10.1. The number of hydrogen-bond acceptors (Lipinski definition) is 2. The lowest BCUT2D eigenvalue weighted by Gasteiger charge is -2.22. The van der Waals surface area contributed by atoms with E-state index in [4.69, 9.17) is 0 Å². The van der Waals surface area contributed by atoms with Crippen molar-refractivity contribution in [1.29, 1.82) is 0 Å². The molecule has 0 radical (unpaired) electrons. The predicted octanol–water partition coefficient (Wildman–Crippen LogP) is 2.66. The van der Waals surface area contributed by atoms with Gasteiger partial charge in [-0.05, 0) is 23.5 Å². The van der Waals surface area contributed by atoms with Crippen LogP contribution in [0.2, 0.25) is 0 Å². The van der Waals surface area contributed by atoms with Crippen LogP contribution in [0, 0.1) is 0 Å². The van der Waals surface area contributed by atoms with Crippen molar-refractivity contribution in [1.82, 2.24) is 14.8 Å². The van der Waals surface area contributed by atoms with Gasteiger partial charge in [-0.2, -0.15) is 5.10 Å². The molecular weight excluding hydrogens is 186 g/mol. The Hall–Kier alpha value is -1.38. The van der Waals surface area contributed by atoms with Crippen LogP contribution in [0.1, 0.15) is 32.8 Å². The van der Waals surface area contributed by atoms with Gasteiger partial charge in [0.2, 0.25) is 0 Å². The highest BCUT2D eigenvalue weighted by molar-refractivity contribution is 5.74. The minimum Gasteiger partial charge on any atom is -0.266 e. The van der Waals surface area contributed by atoms with Gasteiger partial charge in [0, 0.05) is 13.2 Å². The first-order chi connectivity index (χ1) is 7.04. The second kappa shape index (κ2) is 3.33. The van der Waals surface area contributed by atoms with E-state index in [9.17, 15) is 0 Å². The number of hydrogen-bond donors (Lipinski definition) is 0. The second-order valence-corrected chi connectivity index (χ2v) is 4.63. The van der Waals surface area contributed by atoms with Crippen molar-refractivity contribution in [2.45, 2.75) is 32.6 Å². The Morgan fingerprint density at radius 2 is 2.07 bits per heavy atom. The molecule has 0 saturated carbocycles. The van der Waals surface area contributed by atoms with Crippen LogP contribution in [0.5, 0.6) is 0 Å². The largest absolute Gasteiger partial charge is 0.266 e. The molecule has 15 heavy (non-hydrogen) atoms. The van der Waals surface area contributed by atoms with E-state index in [0.29, 0.717) is 0 Å². The van der Waals surface area contributed by atoms with E-state index in [1.54, 1.807) is 6.20 Å². The summed E-state index contributed by atoms with van der Waals surface area (Å²) in [6.07, 6.45) is 4.88. The third kappa shape index (κ3) is 1.62. The number of aromatic nitrogens is 3. The number of pyridine rings is 1. The summed E-state index contributed by atoms with van der Waals surface area (Å²) in [4.78, 5) is 4.43. The molecule has 0 spiro atoms. The van der Waals surface area contributed by atoms with Crippen molar-refractivity contribution in [2.75, 3.05) is 0 Å². The first-order valence-electron chi connectivity index (χ1n) is 5.33. The summed E-state index contributed by atoms with van der Waals surface area (Å²) in [7, 11) is 1.95. The van der Waals surface area contributed by atoms with Crippen LogP contribution < -0.4 is 0 Å². The zero-order valence-corrected chi connectivity index (χ0v) is 9.78.